The van der Waals surface area contributed by atoms with Crippen LogP contribution in [0.15, 0.2) is 59.7 Å². The lowest BCUT2D eigenvalue weighted by atomic mass is 10.1. The zero-order valence-corrected chi connectivity index (χ0v) is 14.0. The minimum Gasteiger partial charge on any atom is -0.494 e. The zero-order valence-electron chi connectivity index (χ0n) is 13.2. The molecule has 0 aliphatic carbocycles. The Balaban J connectivity index is 1.71. The highest BCUT2D eigenvalue weighted by molar-refractivity contribution is 7.80. The van der Waals surface area contributed by atoms with Crippen LogP contribution < -0.4 is 15.5 Å². The molecule has 0 atom stereocenters. The molecule has 4 nitrogen and oxygen atoms in total. The van der Waals surface area contributed by atoms with Crippen molar-refractivity contribution in [3.05, 3.63) is 65.7 Å². The predicted molar refractivity (Wildman–Crippen MR) is 99.1 cm³/mol. The van der Waals surface area contributed by atoms with Crippen LogP contribution in [0.3, 0.4) is 0 Å². The highest BCUT2D eigenvalue weighted by Crippen LogP contribution is 2.12. The Morgan fingerprint density at radius 1 is 1.13 bits per heavy atom. The van der Waals surface area contributed by atoms with Gasteiger partial charge in [0.05, 0.1) is 12.8 Å². The van der Waals surface area contributed by atoms with E-state index in [2.05, 4.69) is 40.1 Å². The van der Waals surface area contributed by atoms with E-state index in [0.717, 1.165) is 24.2 Å². The van der Waals surface area contributed by atoms with Crippen LogP contribution in [0.1, 0.15) is 17.5 Å². The third-order valence-corrected chi connectivity index (χ3v) is 3.50. The van der Waals surface area contributed by atoms with E-state index in [9.17, 15) is 0 Å². The molecule has 2 rings (SSSR count). The second-order valence-corrected chi connectivity index (χ2v) is 5.36. The molecule has 0 aliphatic rings. The normalized spacial score (nSPS) is 10.5. The van der Waals surface area contributed by atoms with Crippen LogP contribution >= 0.6 is 12.2 Å². The molecule has 2 N–H and O–H groups in total. The van der Waals surface area contributed by atoms with Gasteiger partial charge in [0.25, 0.3) is 0 Å². The smallest absolute Gasteiger partial charge is 0.186 e. The topological polar surface area (TPSA) is 45.7 Å². The maximum Gasteiger partial charge on any atom is 0.186 e. The van der Waals surface area contributed by atoms with Gasteiger partial charge in [-0.25, -0.2) is 0 Å². The van der Waals surface area contributed by atoms with E-state index in [0.29, 0.717) is 11.7 Å². The Morgan fingerprint density at radius 3 is 2.57 bits per heavy atom. The van der Waals surface area contributed by atoms with E-state index in [-0.39, 0.29) is 0 Å². The van der Waals surface area contributed by atoms with Crippen LogP contribution in [0, 0.1) is 0 Å². The molecule has 0 bridgehead atoms. The first-order chi connectivity index (χ1) is 11.3. The lowest BCUT2D eigenvalue weighted by molar-refractivity contribution is 0.311. The number of hydrogen-bond acceptors (Lipinski definition) is 3. The van der Waals surface area contributed by atoms with E-state index < -0.39 is 0 Å². The molecule has 0 radical (unpaired) electrons. The first kappa shape index (κ1) is 17.0. The minimum atomic E-state index is 0.486. The van der Waals surface area contributed by atoms with Crippen LogP contribution in [-0.2, 0) is 6.42 Å². The molecule has 0 fully saturated rings. The molecular weight excluding hydrogens is 306 g/mol. The summed E-state index contributed by atoms with van der Waals surface area (Å²) in [6, 6.07) is 18.3. The molecule has 0 spiro atoms. The fraction of sp³-hybridized carbons (Fsp3) is 0.222. The SMILES string of the molecule is CNC(=S)N/N=C/c1ccc(OCCCc2ccccc2)cc1. The summed E-state index contributed by atoms with van der Waals surface area (Å²) >= 11 is 4.93. The van der Waals surface area contributed by atoms with Crippen molar-refractivity contribution in [3.63, 3.8) is 0 Å². The average molecular weight is 327 g/mol. The van der Waals surface area contributed by atoms with Crippen LogP contribution in [0.2, 0.25) is 0 Å². The van der Waals surface area contributed by atoms with Gasteiger partial charge in [0, 0.05) is 7.05 Å². The molecular formula is C18H21N3OS. The molecule has 5 heteroatoms. The second-order valence-electron chi connectivity index (χ2n) is 4.96. The standard InChI is InChI=1S/C18H21N3OS/c1-19-18(23)21-20-14-16-9-11-17(12-10-16)22-13-5-8-15-6-3-2-4-7-15/h2-4,6-7,9-12,14H,5,8,13H2,1H3,(H2,19,21,23)/b20-14+. The number of nitrogens with one attached hydrogen (secondary N) is 2. The number of ether oxygens (including phenoxy) is 1. The fourth-order valence-corrected chi connectivity index (χ4v) is 2.04. The van der Waals surface area contributed by atoms with E-state index in [4.69, 9.17) is 17.0 Å². The van der Waals surface area contributed by atoms with E-state index in [1.54, 1.807) is 13.3 Å². The maximum absolute atomic E-state index is 5.75. The molecule has 2 aromatic carbocycles. The van der Waals surface area contributed by atoms with Crippen LogP contribution in [0.5, 0.6) is 5.75 Å². The number of hydrogen-bond donors (Lipinski definition) is 2. The average Bonchev–Trinajstić information content (AvgIpc) is 2.60. The number of hydrazone groups is 1. The van der Waals surface area contributed by atoms with Gasteiger partial charge >= 0.3 is 0 Å². The van der Waals surface area contributed by atoms with Crippen LogP contribution in [-0.4, -0.2) is 25.0 Å². The first-order valence-electron chi connectivity index (χ1n) is 7.55. The largest absolute Gasteiger partial charge is 0.494 e. The van der Waals surface area contributed by atoms with Gasteiger partial charge in [0.2, 0.25) is 0 Å². The highest BCUT2D eigenvalue weighted by Gasteiger charge is 1.96. The first-order valence-corrected chi connectivity index (χ1v) is 7.96. The van der Waals surface area contributed by atoms with Gasteiger partial charge in [-0.3, -0.25) is 5.43 Å². The summed E-state index contributed by atoms with van der Waals surface area (Å²) < 4.78 is 5.75. The summed E-state index contributed by atoms with van der Waals surface area (Å²) in [7, 11) is 1.74. The van der Waals surface area contributed by atoms with Crippen molar-refractivity contribution in [2.24, 2.45) is 5.10 Å². The van der Waals surface area contributed by atoms with Crippen LogP contribution in [0.25, 0.3) is 0 Å². The lowest BCUT2D eigenvalue weighted by Crippen LogP contribution is -2.28. The number of aryl methyl sites for hydroxylation is 1. The van der Waals surface area contributed by atoms with Gasteiger partial charge in [0.1, 0.15) is 5.75 Å². The van der Waals surface area contributed by atoms with Crippen molar-refractivity contribution in [2.75, 3.05) is 13.7 Å². The summed E-state index contributed by atoms with van der Waals surface area (Å²) in [6.07, 6.45) is 3.74. The van der Waals surface area contributed by atoms with Gasteiger partial charge in [-0.15, -0.1) is 0 Å². The molecule has 0 amide bonds. The van der Waals surface area contributed by atoms with Gasteiger partial charge in [-0.05, 0) is 60.5 Å². The summed E-state index contributed by atoms with van der Waals surface area (Å²) in [6.45, 7) is 0.709. The van der Waals surface area contributed by atoms with Crippen molar-refractivity contribution in [1.82, 2.24) is 10.7 Å². The van der Waals surface area contributed by atoms with Gasteiger partial charge in [-0.2, -0.15) is 5.10 Å². The monoisotopic (exact) mass is 327 g/mol. The molecule has 0 aliphatic heterocycles. The maximum atomic E-state index is 5.75. The quantitative estimate of drug-likeness (QED) is 0.355. The molecule has 0 unspecified atom stereocenters. The number of nitrogens with zero attached hydrogens (tertiary/aromatic N) is 1. The van der Waals surface area contributed by atoms with E-state index >= 15 is 0 Å². The second kappa shape index (κ2) is 9.58. The van der Waals surface area contributed by atoms with Gasteiger partial charge in [-0.1, -0.05) is 30.3 Å². The van der Waals surface area contributed by atoms with Crippen molar-refractivity contribution < 1.29 is 4.74 Å². The number of rotatable bonds is 7. The van der Waals surface area contributed by atoms with Gasteiger partial charge in [0.15, 0.2) is 5.11 Å². The Morgan fingerprint density at radius 2 is 1.87 bits per heavy atom. The predicted octanol–water partition coefficient (Wildman–Crippen LogP) is 3.13. The Bertz CT molecular complexity index is 626. The van der Waals surface area contributed by atoms with E-state index in [1.807, 2.05) is 30.3 Å². The van der Waals surface area contributed by atoms with Crippen molar-refractivity contribution in [1.29, 1.82) is 0 Å². The summed E-state index contributed by atoms with van der Waals surface area (Å²) in [5, 5.41) is 7.30. The number of benzene rings is 2. The van der Waals surface area contributed by atoms with Gasteiger partial charge < -0.3 is 10.1 Å². The molecule has 0 heterocycles. The Hall–Kier alpha value is -2.40. The molecule has 120 valence electrons. The molecule has 0 saturated carbocycles. The Labute approximate surface area is 142 Å². The third-order valence-electron chi connectivity index (χ3n) is 3.21. The lowest BCUT2D eigenvalue weighted by Gasteiger charge is -2.06. The van der Waals surface area contributed by atoms with Crippen molar-refractivity contribution >= 4 is 23.5 Å². The number of thiocarbonyl (C=S) groups is 1. The third kappa shape index (κ3) is 6.48. The molecule has 0 saturated heterocycles. The zero-order chi connectivity index (χ0) is 16.3. The highest BCUT2D eigenvalue weighted by atomic mass is 32.1. The van der Waals surface area contributed by atoms with Crippen molar-refractivity contribution in [2.45, 2.75) is 12.8 Å². The molecule has 0 aromatic heterocycles. The fourth-order valence-electron chi connectivity index (χ4n) is 1.98. The van der Waals surface area contributed by atoms with Crippen LogP contribution in [0.4, 0.5) is 0 Å². The summed E-state index contributed by atoms with van der Waals surface area (Å²) in [4.78, 5) is 0. The molecule has 23 heavy (non-hydrogen) atoms. The van der Waals surface area contributed by atoms with Crippen molar-refractivity contribution in [3.8, 4) is 5.75 Å². The molecule has 2 aromatic rings. The Kier molecular flexibility index (Phi) is 7.07. The van der Waals surface area contributed by atoms with E-state index in [1.165, 1.54) is 5.56 Å². The summed E-state index contributed by atoms with van der Waals surface area (Å²) in [5.74, 6) is 0.869. The minimum absolute atomic E-state index is 0.486. The summed E-state index contributed by atoms with van der Waals surface area (Å²) in [5.41, 5.74) is 5.03.